The van der Waals surface area contributed by atoms with Gasteiger partial charge in [-0.3, -0.25) is 4.79 Å². The number of alkyl carbamates (subject to hydrolysis) is 1. The maximum atomic E-state index is 12.3. The first kappa shape index (κ1) is 22.8. The van der Waals surface area contributed by atoms with Crippen LogP contribution in [-0.2, 0) is 19.1 Å². The van der Waals surface area contributed by atoms with Crippen LogP contribution >= 0.6 is 0 Å². The Balaban J connectivity index is 1.25. The molecule has 174 valence electrons. The molecule has 0 radical (unpaired) electrons. The van der Waals surface area contributed by atoms with E-state index in [2.05, 4.69) is 34.9 Å². The number of nitrogens with one attached hydrogen (secondary N) is 2. The minimum absolute atomic E-state index is 0.0142. The Morgan fingerprint density at radius 1 is 1.06 bits per heavy atom. The van der Waals surface area contributed by atoms with Crippen molar-refractivity contribution in [3.63, 3.8) is 0 Å². The zero-order valence-corrected chi connectivity index (χ0v) is 18.5. The minimum atomic E-state index is -1.07. The molecule has 1 saturated heterocycles. The average molecular weight is 453 g/mol. The summed E-state index contributed by atoms with van der Waals surface area (Å²) in [7, 11) is 0. The zero-order chi connectivity index (χ0) is 23.4. The van der Waals surface area contributed by atoms with Gasteiger partial charge < -0.3 is 25.2 Å². The molecular formula is C25H28N2O6. The van der Waals surface area contributed by atoms with Gasteiger partial charge in [-0.15, -0.1) is 0 Å². The Bertz CT molecular complexity index is 994. The molecule has 2 aromatic carbocycles. The number of hydrogen-bond acceptors (Lipinski definition) is 5. The molecule has 1 fully saturated rings. The Kier molecular flexibility index (Phi) is 6.93. The van der Waals surface area contributed by atoms with Crippen molar-refractivity contribution in [1.82, 2.24) is 10.6 Å². The fourth-order valence-electron chi connectivity index (χ4n) is 4.50. The molecule has 8 heteroatoms. The van der Waals surface area contributed by atoms with Crippen LogP contribution in [0, 0.1) is 0 Å². The number of fused-ring (bicyclic) bond motifs is 3. The lowest BCUT2D eigenvalue weighted by molar-refractivity contribution is -0.144. The first-order valence-electron chi connectivity index (χ1n) is 11.3. The Morgan fingerprint density at radius 3 is 2.30 bits per heavy atom. The number of rotatable bonds is 8. The van der Waals surface area contributed by atoms with Crippen molar-refractivity contribution in [2.45, 2.75) is 50.4 Å². The number of amides is 2. The van der Waals surface area contributed by atoms with E-state index in [0.29, 0.717) is 19.3 Å². The van der Waals surface area contributed by atoms with Crippen molar-refractivity contribution in [3.05, 3.63) is 59.7 Å². The van der Waals surface area contributed by atoms with Crippen molar-refractivity contribution in [2.24, 2.45) is 0 Å². The second-order valence-electron chi connectivity index (χ2n) is 8.34. The van der Waals surface area contributed by atoms with Gasteiger partial charge in [0, 0.05) is 12.5 Å². The normalized spacial score (nSPS) is 19.9. The third-order valence-electron chi connectivity index (χ3n) is 6.24. The molecule has 0 saturated carbocycles. The van der Waals surface area contributed by atoms with Crippen LogP contribution in [0.15, 0.2) is 48.5 Å². The molecule has 0 aromatic heterocycles. The van der Waals surface area contributed by atoms with Crippen LogP contribution in [0.25, 0.3) is 11.1 Å². The molecule has 33 heavy (non-hydrogen) atoms. The third kappa shape index (κ3) is 5.01. The van der Waals surface area contributed by atoms with E-state index in [1.54, 1.807) is 6.92 Å². The summed E-state index contributed by atoms with van der Waals surface area (Å²) >= 11 is 0. The highest BCUT2D eigenvalue weighted by molar-refractivity contribution is 5.86. The predicted octanol–water partition coefficient (Wildman–Crippen LogP) is 3.05. The van der Waals surface area contributed by atoms with Crippen molar-refractivity contribution < 1.29 is 29.0 Å². The van der Waals surface area contributed by atoms with Crippen LogP contribution in [0.2, 0.25) is 0 Å². The van der Waals surface area contributed by atoms with Gasteiger partial charge in [-0.05, 0) is 41.5 Å². The fourth-order valence-corrected chi connectivity index (χ4v) is 4.50. The summed E-state index contributed by atoms with van der Waals surface area (Å²) < 4.78 is 11.2. The van der Waals surface area contributed by atoms with E-state index in [-0.39, 0.29) is 25.2 Å². The summed E-state index contributed by atoms with van der Waals surface area (Å²) in [6.07, 6.45) is -0.227. The number of hydrogen-bond donors (Lipinski definition) is 3. The smallest absolute Gasteiger partial charge is 0.407 e. The van der Waals surface area contributed by atoms with Gasteiger partial charge in [0.15, 0.2) is 0 Å². The van der Waals surface area contributed by atoms with Gasteiger partial charge in [-0.2, -0.15) is 0 Å². The number of carbonyl (C=O) groups excluding carboxylic acids is 2. The van der Waals surface area contributed by atoms with Crippen molar-refractivity contribution in [2.75, 3.05) is 13.2 Å². The average Bonchev–Trinajstić information content (AvgIpc) is 3.42. The van der Waals surface area contributed by atoms with Gasteiger partial charge >= 0.3 is 12.1 Å². The molecule has 1 aliphatic heterocycles. The number of benzene rings is 2. The highest BCUT2D eigenvalue weighted by Gasteiger charge is 2.33. The summed E-state index contributed by atoms with van der Waals surface area (Å²) in [6.45, 7) is 2.14. The Hall–Kier alpha value is -3.39. The van der Waals surface area contributed by atoms with Crippen LogP contribution in [0.5, 0.6) is 0 Å². The minimum Gasteiger partial charge on any atom is -0.480 e. The third-order valence-corrected chi connectivity index (χ3v) is 6.24. The molecular weight excluding hydrogens is 424 g/mol. The molecule has 2 amide bonds. The van der Waals surface area contributed by atoms with E-state index >= 15 is 0 Å². The van der Waals surface area contributed by atoms with Crippen LogP contribution in [0.4, 0.5) is 4.79 Å². The van der Waals surface area contributed by atoms with E-state index in [9.17, 15) is 14.4 Å². The van der Waals surface area contributed by atoms with Crippen molar-refractivity contribution in [1.29, 1.82) is 0 Å². The monoisotopic (exact) mass is 452 g/mol. The summed E-state index contributed by atoms with van der Waals surface area (Å²) in [6, 6.07) is 15.3. The van der Waals surface area contributed by atoms with E-state index in [1.165, 1.54) is 11.1 Å². The van der Waals surface area contributed by atoms with Gasteiger partial charge in [0.1, 0.15) is 18.8 Å². The van der Waals surface area contributed by atoms with E-state index < -0.39 is 30.1 Å². The fraction of sp³-hybridized carbons (Fsp3) is 0.400. The molecule has 4 rings (SSSR count). The number of carboxylic acid groups (broad SMARTS) is 1. The largest absolute Gasteiger partial charge is 0.480 e. The molecule has 1 aliphatic carbocycles. The van der Waals surface area contributed by atoms with Gasteiger partial charge in [-0.1, -0.05) is 55.5 Å². The van der Waals surface area contributed by atoms with Gasteiger partial charge in [0.25, 0.3) is 0 Å². The van der Waals surface area contributed by atoms with Crippen LogP contribution < -0.4 is 10.6 Å². The summed E-state index contributed by atoms with van der Waals surface area (Å²) in [5.74, 6) is -1.52. The maximum Gasteiger partial charge on any atom is 0.407 e. The standard InChI is InChI=1S/C25H28N2O6/c1-2-21(24(29)30)27-23(28)22-12-11-15(33-22)13-26-25(31)32-14-20-18-9-5-3-7-16(18)17-8-4-6-10-19(17)20/h3-10,15,20-22H,2,11-14H2,1H3,(H,26,31)(H,27,28)(H,29,30)/t15?,21-,22?/m0/s1. The first-order valence-corrected chi connectivity index (χ1v) is 11.3. The van der Waals surface area contributed by atoms with E-state index in [0.717, 1.165) is 11.1 Å². The molecule has 2 aromatic rings. The van der Waals surface area contributed by atoms with Gasteiger partial charge in [0.05, 0.1) is 6.10 Å². The molecule has 3 N–H and O–H groups in total. The van der Waals surface area contributed by atoms with Gasteiger partial charge in [0.2, 0.25) is 5.91 Å². The highest BCUT2D eigenvalue weighted by atomic mass is 16.5. The molecule has 2 aliphatic rings. The Labute approximate surface area is 192 Å². The van der Waals surface area contributed by atoms with Crippen LogP contribution in [0.1, 0.15) is 43.2 Å². The van der Waals surface area contributed by atoms with E-state index in [1.807, 2.05) is 24.3 Å². The van der Waals surface area contributed by atoms with Crippen molar-refractivity contribution >= 4 is 18.0 Å². The maximum absolute atomic E-state index is 12.3. The predicted molar refractivity (Wildman–Crippen MR) is 121 cm³/mol. The van der Waals surface area contributed by atoms with E-state index in [4.69, 9.17) is 14.6 Å². The lowest BCUT2D eigenvalue weighted by Crippen LogP contribution is -2.45. The topological polar surface area (TPSA) is 114 Å². The number of aliphatic carboxylic acids is 1. The van der Waals surface area contributed by atoms with Gasteiger partial charge in [-0.25, -0.2) is 9.59 Å². The first-order chi connectivity index (χ1) is 16.0. The summed E-state index contributed by atoms with van der Waals surface area (Å²) in [4.78, 5) is 35.7. The zero-order valence-electron chi connectivity index (χ0n) is 18.5. The molecule has 8 nitrogen and oxygen atoms in total. The quantitative estimate of drug-likeness (QED) is 0.567. The second kappa shape index (κ2) is 10.0. The summed E-state index contributed by atoms with van der Waals surface area (Å²) in [5.41, 5.74) is 4.62. The van der Waals surface area contributed by atoms with Crippen molar-refractivity contribution in [3.8, 4) is 11.1 Å². The lowest BCUT2D eigenvalue weighted by Gasteiger charge is -2.18. The Morgan fingerprint density at radius 2 is 1.70 bits per heavy atom. The highest BCUT2D eigenvalue weighted by Crippen LogP contribution is 2.44. The SMILES string of the molecule is CC[C@H](NC(=O)C1CCC(CNC(=O)OCC2c3ccccc3-c3ccccc32)O1)C(=O)O. The summed E-state index contributed by atoms with van der Waals surface area (Å²) in [5, 5.41) is 14.3. The molecule has 0 spiro atoms. The number of ether oxygens (including phenoxy) is 2. The molecule has 3 atom stereocenters. The second-order valence-corrected chi connectivity index (χ2v) is 8.34. The molecule has 1 heterocycles. The number of carbonyl (C=O) groups is 3. The number of carboxylic acids is 1. The lowest BCUT2D eigenvalue weighted by atomic mass is 9.98. The van der Waals surface area contributed by atoms with Crippen LogP contribution in [-0.4, -0.2) is 54.5 Å². The molecule has 2 unspecified atom stereocenters. The molecule has 0 bridgehead atoms. The van der Waals surface area contributed by atoms with Crippen LogP contribution in [0.3, 0.4) is 0 Å².